The number of carbonyl (C=O) groups excluding carboxylic acids is 3. The van der Waals surface area contributed by atoms with Crippen LogP contribution in [0.25, 0.3) is 10.9 Å². The van der Waals surface area contributed by atoms with Gasteiger partial charge in [0.1, 0.15) is 11.2 Å². The van der Waals surface area contributed by atoms with Crippen molar-refractivity contribution in [3.63, 3.8) is 0 Å². The van der Waals surface area contributed by atoms with Crippen molar-refractivity contribution in [1.29, 1.82) is 0 Å². The summed E-state index contributed by atoms with van der Waals surface area (Å²) in [5.74, 6) is -0.567. The molecule has 67 heavy (non-hydrogen) atoms. The molecule has 0 amide bonds. The van der Waals surface area contributed by atoms with Gasteiger partial charge in [0.15, 0.2) is 6.10 Å². The lowest BCUT2D eigenvalue weighted by Gasteiger charge is -2.63. The molecule has 4 fully saturated rings. The number of aliphatic hydroxyl groups is 2. The lowest BCUT2D eigenvalue weighted by molar-refractivity contribution is -0.228. The Morgan fingerprint density at radius 2 is 1.70 bits per heavy atom. The van der Waals surface area contributed by atoms with Gasteiger partial charge in [-0.1, -0.05) is 26.0 Å². The fourth-order valence-corrected chi connectivity index (χ4v) is 15.9. The van der Waals surface area contributed by atoms with E-state index in [2.05, 4.69) is 56.1 Å². The Morgan fingerprint density at radius 3 is 2.40 bits per heavy atom. The smallest absolute Gasteiger partial charge is 0.344 e. The minimum absolute atomic E-state index is 0.111. The number of nitrogens with zero attached hydrogens (tertiary/aromatic N) is 4. The van der Waals surface area contributed by atoms with Gasteiger partial charge in [-0.3, -0.25) is 19.4 Å². The second-order valence-electron chi connectivity index (χ2n) is 20.8. The molecule has 6 aliphatic heterocycles. The number of anilines is 1. The van der Waals surface area contributed by atoms with Crippen LogP contribution in [0.4, 0.5) is 5.69 Å². The van der Waals surface area contributed by atoms with Crippen molar-refractivity contribution in [2.24, 2.45) is 11.3 Å². The summed E-state index contributed by atoms with van der Waals surface area (Å²) in [7, 11) is 6.22. The first kappa shape index (κ1) is 46.6. The lowest BCUT2D eigenvalue weighted by Crippen LogP contribution is -2.81. The highest BCUT2D eigenvalue weighted by molar-refractivity contribution is 7.99. The minimum atomic E-state index is -2.31. The van der Waals surface area contributed by atoms with E-state index in [0.717, 1.165) is 58.8 Å². The number of nitrogens with one attached hydrogen (secondary N) is 1. The first-order chi connectivity index (χ1) is 32.2. The zero-order chi connectivity index (χ0) is 47.3. The van der Waals surface area contributed by atoms with Gasteiger partial charge in [0.2, 0.25) is 5.60 Å². The number of hydrogen-bond donors (Lipinski definition) is 3. The van der Waals surface area contributed by atoms with Crippen LogP contribution in [-0.4, -0.2) is 164 Å². The number of esters is 3. The Morgan fingerprint density at radius 1 is 0.925 bits per heavy atom. The van der Waals surface area contributed by atoms with Gasteiger partial charge >= 0.3 is 17.9 Å². The highest BCUT2D eigenvalue weighted by Crippen LogP contribution is 2.68. The number of likely N-dealkylation sites (N-methyl/N-ethyl adjacent to an activating group) is 1. The van der Waals surface area contributed by atoms with Gasteiger partial charge in [-0.2, -0.15) is 0 Å². The third-order valence-corrected chi connectivity index (χ3v) is 18.5. The third kappa shape index (κ3) is 6.78. The Bertz CT molecular complexity index is 2490. The number of rotatable bonds is 11. The Hall–Kier alpha value is -4.12. The van der Waals surface area contributed by atoms with E-state index in [4.69, 9.17) is 18.9 Å². The summed E-state index contributed by atoms with van der Waals surface area (Å²) in [6.45, 7) is 12.0. The van der Waals surface area contributed by atoms with E-state index in [0.29, 0.717) is 82.6 Å². The van der Waals surface area contributed by atoms with Crippen molar-refractivity contribution in [2.45, 2.75) is 117 Å². The van der Waals surface area contributed by atoms with Gasteiger partial charge in [0.25, 0.3) is 0 Å². The van der Waals surface area contributed by atoms with Gasteiger partial charge in [0, 0.05) is 108 Å². The molecule has 1 aliphatic carbocycles. The summed E-state index contributed by atoms with van der Waals surface area (Å²) in [6, 6.07) is 9.46. The molecule has 2 aromatic carbocycles. The van der Waals surface area contributed by atoms with Crippen molar-refractivity contribution in [1.82, 2.24) is 19.7 Å². The molecule has 10 atom stereocenters. The van der Waals surface area contributed by atoms with Crippen LogP contribution >= 0.6 is 11.8 Å². The summed E-state index contributed by atoms with van der Waals surface area (Å²) in [5, 5.41) is 26.7. The Labute approximate surface area is 398 Å². The normalized spacial score (nSPS) is 35.5. The molecule has 3 aromatic rings. The zero-order valence-corrected chi connectivity index (χ0v) is 41.1. The molecule has 10 rings (SSSR count). The first-order valence-electron chi connectivity index (χ1n) is 24.6. The predicted octanol–water partition coefficient (Wildman–Crippen LogP) is 5.18. The zero-order valence-electron chi connectivity index (χ0n) is 40.3. The molecule has 15 heteroatoms. The number of benzene rings is 2. The van der Waals surface area contributed by atoms with Gasteiger partial charge in [-0.15, -0.1) is 11.8 Å². The fourth-order valence-electron chi connectivity index (χ4n) is 14.9. The lowest BCUT2D eigenvalue weighted by atomic mass is 9.47. The van der Waals surface area contributed by atoms with Crippen LogP contribution in [0, 0.1) is 11.3 Å². The van der Waals surface area contributed by atoms with Crippen LogP contribution in [-0.2, 0) is 45.8 Å². The van der Waals surface area contributed by atoms with Crippen LogP contribution in [0.15, 0.2) is 47.4 Å². The molecule has 362 valence electrons. The maximum atomic E-state index is 15.6. The Kier molecular flexibility index (Phi) is 11.9. The predicted molar refractivity (Wildman–Crippen MR) is 257 cm³/mol. The fraction of sp³-hybridized carbons (Fsp3) is 0.635. The van der Waals surface area contributed by atoms with Crippen molar-refractivity contribution in [3.05, 3.63) is 64.9 Å². The summed E-state index contributed by atoms with van der Waals surface area (Å²) >= 11 is 1.86. The first-order valence-corrected chi connectivity index (χ1v) is 25.6. The highest BCUT2D eigenvalue weighted by atomic mass is 32.2. The molecule has 3 saturated heterocycles. The average Bonchev–Trinajstić information content (AvgIpc) is 4.13. The molecule has 0 radical (unpaired) electrons. The van der Waals surface area contributed by atoms with Gasteiger partial charge < -0.3 is 43.9 Å². The van der Waals surface area contributed by atoms with Gasteiger partial charge in [-0.05, 0) is 112 Å². The standard InChI is InChI=1S/C52H69N5O9S/c1-8-48(61)28-33-29-51(46(59)64-6,42-35(15-21-56(30-33)31-48)36-25-34(13-14-39(36)53-42)67-24-23-55-18-10-11-19-55)38-26-37-40(27-41(38)63-5)54(4)44-50(37)17-22-57-20-12-16-49(9-2,43(50)57)45(66-32(3)58)52(44,62)47(60)65-7/h12-14,16,25-27,33,43-45,53,61-62H,8-11,15,17-24,28-31H2,1-7H3/t33-,43+,44?,45-,48+,49-,50-,51+,52+/m1/s1. The number of carbonyl (C=O) groups is 3. The number of aromatic nitrogens is 1. The topological polar surface area (TPSA) is 157 Å². The molecule has 7 aliphatic rings. The maximum absolute atomic E-state index is 15.6. The molecule has 1 saturated carbocycles. The van der Waals surface area contributed by atoms with E-state index in [1.807, 2.05) is 43.6 Å². The van der Waals surface area contributed by atoms with Crippen LogP contribution in [0.3, 0.4) is 0 Å². The number of H-pyrrole nitrogens is 1. The molecule has 14 nitrogen and oxygen atoms in total. The molecular formula is C52H69N5O9S. The number of ether oxygens (including phenoxy) is 4. The summed E-state index contributed by atoms with van der Waals surface area (Å²) < 4.78 is 24.3. The van der Waals surface area contributed by atoms with Crippen LogP contribution in [0.5, 0.6) is 5.75 Å². The third-order valence-electron chi connectivity index (χ3n) is 17.5. The number of fused-ring (bicyclic) bond motifs is 6. The second kappa shape index (κ2) is 17.1. The Balaban J connectivity index is 1.22. The quantitative estimate of drug-likeness (QED) is 0.100. The van der Waals surface area contributed by atoms with Crippen LogP contribution in [0.1, 0.15) is 88.1 Å². The van der Waals surface area contributed by atoms with E-state index < -0.39 is 57.5 Å². The number of likely N-dealkylation sites (tertiary alicyclic amines) is 1. The van der Waals surface area contributed by atoms with Crippen molar-refractivity contribution in [2.75, 3.05) is 91.4 Å². The second-order valence-corrected chi connectivity index (χ2v) is 21.9. The van der Waals surface area contributed by atoms with Crippen LogP contribution < -0.4 is 9.64 Å². The number of aromatic amines is 1. The summed E-state index contributed by atoms with van der Waals surface area (Å²) in [6.07, 6.45) is 8.47. The SMILES string of the molecule is CC[C@]1(O)C[C@H]2CN(CCc3c([nH]c4ccc(SCCN5CCCC5)cc34)[C@@](C(=O)OC)(c3cc4c(cc3OC)N(C)C3[C@]45CCN4CC=C[C@@](CC)([C@@H](OC(C)=O)[C@]3(O)C(=O)OC)[C@H]45)C2)C1. The highest BCUT2D eigenvalue weighted by Gasteiger charge is 2.80. The monoisotopic (exact) mass is 939 g/mol. The van der Waals surface area contributed by atoms with E-state index >= 15 is 4.79 Å². The van der Waals surface area contributed by atoms with Gasteiger partial charge in [0.05, 0.1) is 33.0 Å². The van der Waals surface area contributed by atoms with E-state index in [9.17, 15) is 19.8 Å². The van der Waals surface area contributed by atoms with E-state index in [1.165, 1.54) is 38.9 Å². The summed E-state index contributed by atoms with van der Waals surface area (Å²) in [5.41, 5.74) is -1.61. The van der Waals surface area contributed by atoms with Crippen molar-refractivity contribution >= 4 is 46.3 Å². The van der Waals surface area contributed by atoms with Crippen LogP contribution in [0.2, 0.25) is 0 Å². The molecular weight excluding hydrogens is 871 g/mol. The largest absolute Gasteiger partial charge is 0.496 e. The molecule has 1 aromatic heterocycles. The molecule has 1 spiro atoms. The number of thioether (sulfide) groups is 1. The van der Waals surface area contributed by atoms with E-state index in [-0.39, 0.29) is 12.0 Å². The van der Waals surface area contributed by atoms with Gasteiger partial charge in [-0.25, -0.2) is 4.79 Å². The molecule has 7 heterocycles. The summed E-state index contributed by atoms with van der Waals surface area (Å²) in [4.78, 5) is 57.6. The van der Waals surface area contributed by atoms with E-state index in [1.54, 1.807) is 7.11 Å². The number of methoxy groups -OCH3 is 3. The average molecular weight is 940 g/mol. The molecule has 3 N–H and O–H groups in total. The minimum Gasteiger partial charge on any atom is -0.496 e. The van der Waals surface area contributed by atoms with Crippen molar-refractivity contribution < 1.29 is 43.5 Å². The maximum Gasteiger partial charge on any atom is 0.344 e. The molecule has 2 bridgehead atoms. The van der Waals surface area contributed by atoms with Crippen molar-refractivity contribution in [3.8, 4) is 5.75 Å². The number of hydrogen-bond acceptors (Lipinski definition) is 14. The molecule has 2 unspecified atom stereocenters. The number of piperidine rings is 1.